The first-order valence-corrected chi connectivity index (χ1v) is 43.1. The van der Waals surface area contributed by atoms with Crippen molar-refractivity contribution < 1.29 is 80.2 Å². The van der Waals surface area contributed by atoms with Crippen LogP contribution in [-0.4, -0.2) is 96.7 Å². The first-order valence-electron chi connectivity index (χ1n) is 40.1. The maximum atomic E-state index is 13.1. The largest absolute Gasteiger partial charge is 0.472 e. The molecule has 3 N–H and O–H groups in total. The van der Waals surface area contributed by atoms with Crippen LogP contribution in [0.4, 0.5) is 0 Å². The van der Waals surface area contributed by atoms with Gasteiger partial charge in [-0.3, -0.25) is 37.3 Å². The molecule has 0 spiro atoms. The Morgan fingerprint density at radius 2 is 0.479 bits per heavy atom. The van der Waals surface area contributed by atoms with Gasteiger partial charge < -0.3 is 33.8 Å². The number of hydrogen-bond acceptors (Lipinski definition) is 15. The highest BCUT2D eigenvalue weighted by molar-refractivity contribution is 7.47. The van der Waals surface area contributed by atoms with Crippen molar-refractivity contribution in [3.8, 4) is 0 Å². The van der Waals surface area contributed by atoms with Gasteiger partial charge in [-0.05, 0) is 31.6 Å². The Morgan fingerprint density at radius 3 is 0.708 bits per heavy atom. The minimum absolute atomic E-state index is 0.105. The van der Waals surface area contributed by atoms with Gasteiger partial charge in [0.1, 0.15) is 19.3 Å². The fourth-order valence-corrected chi connectivity index (χ4v) is 13.5. The second-order valence-corrected chi connectivity index (χ2v) is 31.1. The summed E-state index contributed by atoms with van der Waals surface area (Å²) in [6, 6.07) is 0. The third kappa shape index (κ3) is 70.5. The average molecular weight is 1410 g/mol. The molecule has 0 radical (unpaired) electrons. The van der Waals surface area contributed by atoms with Crippen molar-refractivity contribution in [3.05, 3.63) is 0 Å². The molecular weight excluding hydrogens is 1260 g/mol. The van der Waals surface area contributed by atoms with Crippen LogP contribution in [0.25, 0.3) is 0 Å². The Morgan fingerprint density at radius 1 is 0.281 bits per heavy atom. The van der Waals surface area contributed by atoms with Crippen LogP contribution in [-0.2, 0) is 65.4 Å². The minimum atomic E-state index is -4.96. The maximum Gasteiger partial charge on any atom is 0.472 e. The smallest absolute Gasteiger partial charge is 0.462 e. The molecule has 0 aromatic rings. The molecule has 17 nitrogen and oxygen atoms in total. The Hall–Kier alpha value is -1.94. The standard InChI is InChI=1S/C77H150O17P2/c1-6-9-12-15-18-21-24-26-28-29-30-31-32-34-36-38-41-47-52-57-62-76(81)93-72(66-88-75(80)61-56-51-46-40-37-35-33-27-25-22-19-16-13-10-7-2)68-91-95(83,84)89-64-71(78)65-90-96(85,86)92-69-73(67-87-74(79)60-55-50-45-39-23-20-17-14-11-8-3)94-77(82)63-58-53-48-43-42-44-49-54-59-70(4)5/h70-73,78H,6-69H2,1-5H3,(H,83,84)(H,85,86)/t71-,72-,73-/m1/s1. The molecule has 5 atom stereocenters. The molecule has 0 saturated heterocycles. The van der Waals surface area contributed by atoms with Crippen molar-refractivity contribution in [2.45, 2.75) is 425 Å². The van der Waals surface area contributed by atoms with E-state index in [-0.39, 0.29) is 25.7 Å². The molecule has 0 aromatic heterocycles. The molecule has 19 heteroatoms. The van der Waals surface area contributed by atoms with Crippen LogP contribution >= 0.6 is 15.6 Å². The lowest BCUT2D eigenvalue weighted by Gasteiger charge is -2.21. The predicted octanol–water partition coefficient (Wildman–Crippen LogP) is 22.9. The molecule has 0 aliphatic rings. The third-order valence-electron chi connectivity index (χ3n) is 18.0. The number of rotatable bonds is 77. The van der Waals surface area contributed by atoms with E-state index in [9.17, 15) is 43.2 Å². The molecular formula is C77H150O17P2. The summed E-state index contributed by atoms with van der Waals surface area (Å²) >= 11 is 0. The maximum absolute atomic E-state index is 13.1. The first kappa shape index (κ1) is 94.1. The zero-order valence-corrected chi connectivity index (χ0v) is 64.3. The molecule has 570 valence electrons. The van der Waals surface area contributed by atoms with Crippen molar-refractivity contribution in [2.24, 2.45) is 5.92 Å². The number of aliphatic hydroxyl groups is 1. The van der Waals surface area contributed by atoms with Crippen LogP contribution in [0.1, 0.15) is 407 Å². The van der Waals surface area contributed by atoms with E-state index in [0.29, 0.717) is 25.7 Å². The molecule has 2 unspecified atom stereocenters. The quantitative estimate of drug-likeness (QED) is 0.0222. The van der Waals surface area contributed by atoms with Gasteiger partial charge in [0.05, 0.1) is 26.4 Å². The Kier molecular flexibility index (Phi) is 68.7. The lowest BCUT2D eigenvalue weighted by Crippen LogP contribution is -2.30. The van der Waals surface area contributed by atoms with Crippen molar-refractivity contribution in [1.82, 2.24) is 0 Å². The van der Waals surface area contributed by atoms with Gasteiger partial charge in [0.15, 0.2) is 12.2 Å². The molecule has 0 aromatic carbocycles. The summed E-state index contributed by atoms with van der Waals surface area (Å²) in [4.78, 5) is 72.8. The fraction of sp³-hybridized carbons (Fsp3) is 0.948. The van der Waals surface area contributed by atoms with Gasteiger partial charge in [0, 0.05) is 25.7 Å². The van der Waals surface area contributed by atoms with E-state index in [2.05, 4.69) is 34.6 Å². The van der Waals surface area contributed by atoms with E-state index >= 15 is 0 Å². The Labute approximate surface area is 588 Å². The van der Waals surface area contributed by atoms with Crippen molar-refractivity contribution in [2.75, 3.05) is 39.6 Å². The third-order valence-corrected chi connectivity index (χ3v) is 19.9. The summed E-state index contributed by atoms with van der Waals surface area (Å²) in [7, 11) is -9.91. The highest BCUT2D eigenvalue weighted by Crippen LogP contribution is 2.45. The number of esters is 4. The molecule has 0 heterocycles. The van der Waals surface area contributed by atoms with Gasteiger partial charge in [-0.25, -0.2) is 9.13 Å². The summed E-state index contributed by atoms with van der Waals surface area (Å²) in [6.07, 6.45) is 59.7. The SMILES string of the molecule is CCCCCCCCCCCCCCCCCCCCCCC(=O)O[C@H](COC(=O)CCCCCCCCCCCCCCCCC)COP(=O)(O)OC[C@@H](O)COP(=O)(O)OC[C@@H](COC(=O)CCCCCCCCCCCC)OC(=O)CCCCCCCCCCC(C)C. The summed E-state index contributed by atoms with van der Waals surface area (Å²) < 4.78 is 68.5. The van der Waals surface area contributed by atoms with Crippen LogP contribution in [0.15, 0.2) is 0 Å². The Bertz CT molecular complexity index is 1840. The van der Waals surface area contributed by atoms with Gasteiger partial charge in [-0.2, -0.15) is 0 Å². The van der Waals surface area contributed by atoms with E-state index in [1.54, 1.807) is 0 Å². The van der Waals surface area contributed by atoms with Crippen LogP contribution in [0.3, 0.4) is 0 Å². The minimum Gasteiger partial charge on any atom is -0.462 e. The second kappa shape index (κ2) is 70.1. The van der Waals surface area contributed by atoms with Gasteiger partial charge in [-0.1, -0.05) is 356 Å². The lowest BCUT2D eigenvalue weighted by molar-refractivity contribution is -0.161. The molecule has 0 amide bonds. The van der Waals surface area contributed by atoms with Crippen molar-refractivity contribution >= 4 is 39.5 Å². The number of carbonyl (C=O) groups is 4. The molecule has 0 fully saturated rings. The van der Waals surface area contributed by atoms with Gasteiger partial charge in [0.2, 0.25) is 0 Å². The van der Waals surface area contributed by atoms with E-state index in [1.807, 2.05) is 0 Å². The number of unbranched alkanes of at least 4 members (excludes halogenated alkanes) is 49. The number of phosphoric acid groups is 2. The fourth-order valence-electron chi connectivity index (χ4n) is 11.9. The van der Waals surface area contributed by atoms with Crippen molar-refractivity contribution in [1.29, 1.82) is 0 Å². The van der Waals surface area contributed by atoms with Crippen LogP contribution in [0.5, 0.6) is 0 Å². The van der Waals surface area contributed by atoms with Crippen LogP contribution in [0.2, 0.25) is 0 Å². The number of aliphatic hydroxyl groups excluding tert-OH is 1. The number of phosphoric ester groups is 2. The molecule has 0 aliphatic carbocycles. The van der Waals surface area contributed by atoms with E-state index in [1.165, 1.54) is 231 Å². The molecule has 0 bridgehead atoms. The number of hydrogen-bond donors (Lipinski definition) is 3. The van der Waals surface area contributed by atoms with E-state index < -0.39 is 97.5 Å². The normalized spacial score (nSPS) is 13.9. The molecule has 0 rings (SSSR count). The highest BCUT2D eigenvalue weighted by atomic mass is 31.2. The lowest BCUT2D eigenvalue weighted by atomic mass is 10.0. The number of carbonyl (C=O) groups excluding carboxylic acids is 4. The van der Waals surface area contributed by atoms with E-state index in [0.717, 1.165) is 95.8 Å². The summed E-state index contributed by atoms with van der Waals surface area (Å²) in [6.45, 7) is 7.25. The number of ether oxygens (including phenoxy) is 4. The zero-order chi connectivity index (χ0) is 70.5. The highest BCUT2D eigenvalue weighted by Gasteiger charge is 2.30. The van der Waals surface area contributed by atoms with Crippen molar-refractivity contribution in [3.63, 3.8) is 0 Å². The van der Waals surface area contributed by atoms with Gasteiger partial charge in [-0.15, -0.1) is 0 Å². The monoisotopic (exact) mass is 1410 g/mol. The summed E-state index contributed by atoms with van der Waals surface area (Å²) in [5, 5.41) is 10.6. The average Bonchev–Trinajstić information content (AvgIpc) is 1.20. The van der Waals surface area contributed by atoms with Gasteiger partial charge >= 0.3 is 39.5 Å². The summed E-state index contributed by atoms with van der Waals surface area (Å²) in [5.74, 6) is -1.40. The molecule has 0 aliphatic heterocycles. The van der Waals surface area contributed by atoms with Gasteiger partial charge in [0.25, 0.3) is 0 Å². The second-order valence-electron chi connectivity index (χ2n) is 28.2. The van der Waals surface area contributed by atoms with Crippen LogP contribution < -0.4 is 0 Å². The predicted molar refractivity (Wildman–Crippen MR) is 391 cm³/mol. The molecule has 96 heavy (non-hydrogen) atoms. The van der Waals surface area contributed by atoms with Crippen LogP contribution in [0, 0.1) is 5.92 Å². The topological polar surface area (TPSA) is 237 Å². The van der Waals surface area contributed by atoms with E-state index in [4.69, 9.17) is 37.0 Å². The first-order chi connectivity index (χ1) is 46.5. The Balaban J connectivity index is 5.21. The zero-order valence-electron chi connectivity index (χ0n) is 62.5. The molecule has 0 saturated carbocycles. The summed E-state index contributed by atoms with van der Waals surface area (Å²) in [5.41, 5.74) is 0.